The van der Waals surface area contributed by atoms with Gasteiger partial charge < -0.3 is 19.4 Å². The maximum absolute atomic E-state index is 12.1. The van der Waals surface area contributed by atoms with E-state index in [1.807, 2.05) is 0 Å². The molecular weight excluding hydrogens is 383 g/mol. The summed E-state index contributed by atoms with van der Waals surface area (Å²) in [6.07, 6.45) is 1.15. The number of amides is 1. The molecule has 26 heavy (non-hydrogen) atoms. The minimum atomic E-state index is -1.48. The summed E-state index contributed by atoms with van der Waals surface area (Å²) in [5, 5.41) is 15.7. The molecule has 2 aromatic rings. The zero-order valence-corrected chi connectivity index (χ0v) is 15.2. The number of nitrogens with one attached hydrogen (secondary N) is 1. The van der Waals surface area contributed by atoms with Crippen LogP contribution in [0.3, 0.4) is 0 Å². The number of rotatable bonds is 6. The lowest BCUT2D eigenvalue weighted by Gasteiger charge is -2.15. The lowest BCUT2D eigenvalue weighted by molar-refractivity contribution is -0.255. The number of carbonyl (C=O) groups is 2. The molecule has 0 bridgehead atoms. The van der Waals surface area contributed by atoms with E-state index in [1.54, 1.807) is 0 Å². The van der Waals surface area contributed by atoms with Gasteiger partial charge in [-0.1, -0.05) is 23.2 Å². The molecule has 0 fully saturated rings. The second-order valence-corrected chi connectivity index (χ2v) is 5.72. The predicted molar refractivity (Wildman–Crippen MR) is 95.4 cm³/mol. The van der Waals surface area contributed by atoms with Crippen molar-refractivity contribution in [2.75, 3.05) is 14.2 Å². The van der Waals surface area contributed by atoms with E-state index in [0.29, 0.717) is 5.02 Å². The summed E-state index contributed by atoms with van der Waals surface area (Å²) in [5.41, 5.74) is 2.33. The zero-order valence-electron chi connectivity index (χ0n) is 13.7. The fourth-order valence-corrected chi connectivity index (χ4v) is 2.65. The third kappa shape index (κ3) is 4.25. The Morgan fingerprint density at radius 2 is 1.88 bits per heavy atom. The van der Waals surface area contributed by atoms with E-state index in [9.17, 15) is 14.7 Å². The number of hydrazone groups is 1. The molecule has 0 aliphatic heterocycles. The first kappa shape index (κ1) is 19.6. The van der Waals surface area contributed by atoms with Gasteiger partial charge in [0.1, 0.15) is 0 Å². The topological polar surface area (TPSA) is 100 Å². The van der Waals surface area contributed by atoms with Crippen molar-refractivity contribution in [1.29, 1.82) is 0 Å². The van der Waals surface area contributed by atoms with Gasteiger partial charge in [-0.25, -0.2) is 5.43 Å². The quantitative estimate of drug-likeness (QED) is 0.596. The van der Waals surface area contributed by atoms with Crippen LogP contribution in [-0.2, 0) is 0 Å². The maximum atomic E-state index is 12.1. The van der Waals surface area contributed by atoms with Gasteiger partial charge in [0.15, 0.2) is 11.5 Å². The first-order valence-corrected chi connectivity index (χ1v) is 7.89. The molecule has 0 heterocycles. The molecule has 0 radical (unpaired) electrons. The third-order valence-electron chi connectivity index (χ3n) is 3.33. The Balaban J connectivity index is 2.27. The van der Waals surface area contributed by atoms with Crippen molar-refractivity contribution in [2.24, 2.45) is 5.10 Å². The van der Waals surface area contributed by atoms with Crippen LogP contribution in [0.2, 0.25) is 10.0 Å². The van der Waals surface area contributed by atoms with Crippen LogP contribution in [0.5, 0.6) is 11.5 Å². The van der Waals surface area contributed by atoms with Crippen LogP contribution in [0, 0.1) is 0 Å². The molecule has 0 saturated heterocycles. The first-order valence-electron chi connectivity index (χ1n) is 7.13. The van der Waals surface area contributed by atoms with Crippen LogP contribution < -0.4 is 20.0 Å². The summed E-state index contributed by atoms with van der Waals surface area (Å²) < 4.78 is 10.1. The molecule has 1 N–H and O–H groups in total. The summed E-state index contributed by atoms with van der Waals surface area (Å²) >= 11 is 11.7. The van der Waals surface area contributed by atoms with Crippen LogP contribution >= 0.6 is 23.2 Å². The molecule has 0 aromatic heterocycles. The number of methoxy groups -OCH3 is 2. The normalized spacial score (nSPS) is 10.6. The van der Waals surface area contributed by atoms with Crippen LogP contribution in [-0.4, -0.2) is 32.3 Å². The molecular formula is C17H13Cl2N2O5-. The monoisotopic (exact) mass is 395 g/mol. The van der Waals surface area contributed by atoms with Gasteiger partial charge in [-0.05, 0) is 30.3 Å². The van der Waals surface area contributed by atoms with Crippen molar-refractivity contribution in [1.82, 2.24) is 5.43 Å². The molecule has 0 aliphatic rings. The van der Waals surface area contributed by atoms with Crippen molar-refractivity contribution >= 4 is 41.3 Å². The highest BCUT2D eigenvalue weighted by Crippen LogP contribution is 2.32. The van der Waals surface area contributed by atoms with Crippen molar-refractivity contribution in [3.8, 4) is 11.5 Å². The fourth-order valence-electron chi connectivity index (χ4n) is 2.15. The smallest absolute Gasteiger partial charge is 0.272 e. The number of carboxylic acid groups (broad SMARTS) is 1. The van der Waals surface area contributed by atoms with Gasteiger partial charge in [-0.3, -0.25) is 4.79 Å². The number of aromatic carboxylic acids is 1. The van der Waals surface area contributed by atoms with E-state index < -0.39 is 11.9 Å². The Hall–Kier alpha value is -2.77. The van der Waals surface area contributed by atoms with E-state index in [0.717, 1.165) is 6.21 Å². The van der Waals surface area contributed by atoms with Gasteiger partial charge in [0.2, 0.25) is 0 Å². The number of ether oxygens (including phenoxy) is 2. The van der Waals surface area contributed by atoms with Gasteiger partial charge >= 0.3 is 0 Å². The Labute approximate surface area is 159 Å². The van der Waals surface area contributed by atoms with Gasteiger partial charge in [0.05, 0.1) is 42.6 Å². The lowest BCUT2D eigenvalue weighted by atomic mass is 10.1. The Morgan fingerprint density at radius 1 is 1.15 bits per heavy atom. The minimum absolute atomic E-state index is 0.0106. The van der Waals surface area contributed by atoms with Crippen molar-refractivity contribution in [2.45, 2.75) is 0 Å². The molecule has 1 amide bonds. The molecule has 0 aliphatic carbocycles. The predicted octanol–water partition coefficient (Wildman–Crippen LogP) is 2.14. The Kier molecular flexibility index (Phi) is 6.43. The molecule has 0 unspecified atom stereocenters. The van der Waals surface area contributed by atoms with Gasteiger partial charge in [-0.15, -0.1) is 0 Å². The number of carboxylic acids is 1. The van der Waals surface area contributed by atoms with E-state index in [-0.39, 0.29) is 33.2 Å². The molecule has 2 aromatic carbocycles. The van der Waals surface area contributed by atoms with Gasteiger partial charge in [-0.2, -0.15) is 5.10 Å². The highest BCUT2D eigenvalue weighted by atomic mass is 35.5. The van der Waals surface area contributed by atoms with Gasteiger partial charge in [0.25, 0.3) is 5.91 Å². The molecule has 0 spiro atoms. The third-order valence-corrected chi connectivity index (χ3v) is 3.88. The number of hydrogen-bond donors (Lipinski definition) is 1. The number of hydrogen-bond acceptors (Lipinski definition) is 6. The zero-order chi connectivity index (χ0) is 19.3. The Bertz CT molecular complexity index is 884. The molecule has 0 atom stereocenters. The average molecular weight is 396 g/mol. The highest BCUT2D eigenvalue weighted by Gasteiger charge is 2.15. The van der Waals surface area contributed by atoms with Crippen LogP contribution in [0.25, 0.3) is 0 Å². The number of nitrogens with zero attached hydrogens (tertiary/aromatic N) is 1. The highest BCUT2D eigenvalue weighted by molar-refractivity contribution is 6.36. The second-order valence-electron chi connectivity index (χ2n) is 4.88. The number of carbonyl (C=O) groups excluding carboxylic acids is 2. The van der Waals surface area contributed by atoms with Crippen LogP contribution in [0.4, 0.5) is 0 Å². The summed E-state index contributed by atoms with van der Waals surface area (Å²) in [6.45, 7) is 0. The summed E-state index contributed by atoms with van der Waals surface area (Å²) in [4.78, 5) is 23.5. The molecule has 9 heteroatoms. The Morgan fingerprint density at radius 3 is 2.46 bits per heavy atom. The van der Waals surface area contributed by atoms with Crippen LogP contribution in [0.15, 0.2) is 35.4 Å². The number of benzene rings is 2. The molecule has 7 nitrogen and oxygen atoms in total. The molecule has 2 rings (SSSR count). The van der Waals surface area contributed by atoms with E-state index in [1.165, 1.54) is 44.6 Å². The van der Waals surface area contributed by atoms with E-state index in [2.05, 4.69) is 10.5 Å². The maximum Gasteiger partial charge on any atom is 0.272 e. The standard InChI is InChI=1S/C17H14Cl2N2O5/c1-25-13-6-3-9(14(17(23)24)15(13)26-2)8-20-21-16(22)11-5-4-10(18)7-12(11)19/h3-8H,1-2H3,(H,21,22)(H,23,24)/p-1/b20-8-. The van der Waals surface area contributed by atoms with E-state index in [4.69, 9.17) is 32.7 Å². The number of halogens is 2. The summed E-state index contributed by atoms with van der Waals surface area (Å²) in [5.74, 6) is -1.85. The minimum Gasteiger partial charge on any atom is -0.545 e. The van der Waals surface area contributed by atoms with Crippen molar-refractivity contribution in [3.63, 3.8) is 0 Å². The van der Waals surface area contributed by atoms with Crippen molar-refractivity contribution in [3.05, 3.63) is 57.1 Å². The second kappa shape index (κ2) is 8.55. The van der Waals surface area contributed by atoms with Crippen LogP contribution in [0.1, 0.15) is 26.3 Å². The lowest BCUT2D eigenvalue weighted by Crippen LogP contribution is -2.25. The molecule has 0 saturated carbocycles. The SMILES string of the molecule is COc1ccc(/C=N\NC(=O)c2ccc(Cl)cc2Cl)c(C(=O)[O-])c1OC. The summed E-state index contributed by atoms with van der Waals surface area (Å²) in [6, 6.07) is 7.32. The van der Waals surface area contributed by atoms with Crippen molar-refractivity contribution < 1.29 is 24.2 Å². The molecule has 136 valence electrons. The fraction of sp³-hybridized carbons (Fsp3) is 0.118. The van der Waals surface area contributed by atoms with Gasteiger partial charge in [0, 0.05) is 10.6 Å². The van der Waals surface area contributed by atoms with E-state index >= 15 is 0 Å². The summed E-state index contributed by atoms with van der Waals surface area (Å²) in [7, 11) is 2.68. The first-order chi connectivity index (χ1) is 12.4. The average Bonchev–Trinajstić information content (AvgIpc) is 2.60. The largest absolute Gasteiger partial charge is 0.545 e.